The molecule has 0 fully saturated rings. The fourth-order valence-electron chi connectivity index (χ4n) is 1.52. The van der Waals surface area contributed by atoms with Crippen molar-refractivity contribution in [3.63, 3.8) is 0 Å². The normalized spacial score (nSPS) is 20.6. The molecule has 0 aliphatic carbocycles. The van der Waals surface area contributed by atoms with Gasteiger partial charge < -0.3 is 16.2 Å². The summed E-state index contributed by atoms with van der Waals surface area (Å²) < 4.78 is 18.2. The third-order valence-electron chi connectivity index (χ3n) is 2.19. The number of ether oxygens (including phenoxy) is 1. The Bertz CT molecular complexity index is 341. The van der Waals surface area contributed by atoms with E-state index >= 15 is 0 Å². The third-order valence-corrected chi connectivity index (χ3v) is 2.19. The monoisotopic (exact) mass is 182 g/mol. The molecule has 1 atom stereocenters. The molecule has 70 valence electrons. The lowest BCUT2D eigenvalue weighted by atomic mass is 10.0. The van der Waals surface area contributed by atoms with E-state index in [0.717, 1.165) is 0 Å². The van der Waals surface area contributed by atoms with Gasteiger partial charge in [0.15, 0.2) is 0 Å². The Morgan fingerprint density at radius 2 is 2.23 bits per heavy atom. The van der Waals surface area contributed by atoms with Gasteiger partial charge in [-0.1, -0.05) is 0 Å². The molecule has 0 bridgehead atoms. The minimum absolute atomic E-state index is 0.165. The maximum Gasteiger partial charge on any atom is 0.147 e. The summed E-state index contributed by atoms with van der Waals surface area (Å²) in [7, 11) is 0. The number of hydrogen-bond donors (Lipinski definition) is 2. The van der Waals surface area contributed by atoms with Crippen LogP contribution in [0.15, 0.2) is 12.1 Å². The van der Waals surface area contributed by atoms with E-state index in [1.165, 1.54) is 12.1 Å². The molecule has 4 N–H and O–H groups in total. The first kappa shape index (κ1) is 8.31. The maximum atomic E-state index is 12.9. The van der Waals surface area contributed by atoms with Gasteiger partial charge in [-0.25, -0.2) is 4.39 Å². The summed E-state index contributed by atoms with van der Waals surface area (Å²) in [5.41, 5.74) is 12.4. The van der Waals surface area contributed by atoms with Crippen molar-refractivity contribution < 1.29 is 9.13 Å². The van der Waals surface area contributed by atoms with Crippen LogP contribution in [0.5, 0.6) is 5.75 Å². The second kappa shape index (κ2) is 2.88. The summed E-state index contributed by atoms with van der Waals surface area (Å²) in [6.45, 7) is 0.546. The quantitative estimate of drug-likeness (QED) is 0.592. The molecule has 0 saturated carbocycles. The molecular weight excluding hydrogens is 171 g/mol. The van der Waals surface area contributed by atoms with Gasteiger partial charge in [-0.15, -0.1) is 0 Å². The second-order valence-corrected chi connectivity index (χ2v) is 3.16. The minimum atomic E-state index is -0.364. The molecule has 1 aromatic carbocycles. The van der Waals surface area contributed by atoms with Crippen LogP contribution in [0.4, 0.5) is 10.1 Å². The van der Waals surface area contributed by atoms with E-state index in [-0.39, 0.29) is 11.9 Å². The molecule has 1 aromatic rings. The maximum absolute atomic E-state index is 12.9. The Hall–Kier alpha value is -1.29. The van der Waals surface area contributed by atoms with Crippen molar-refractivity contribution in [3.05, 3.63) is 23.5 Å². The largest absolute Gasteiger partial charge is 0.491 e. The van der Waals surface area contributed by atoms with E-state index in [1.807, 2.05) is 0 Å². The molecule has 0 unspecified atom stereocenters. The first-order valence-corrected chi connectivity index (χ1v) is 4.16. The summed E-state index contributed by atoms with van der Waals surface area (Å²) in [6, 6.07) is 2.47. The lowest BCUT2D eigenvalue weighted by molar-refractivity contribution is 0.270. The summed E-state index contributed by atoms with van der Waals surface area (Å²) in [5, 5.41) is 0. The van der Waals surface area contributed by atoms with Crippen molar-refractivity contribution in [2.45, 2.75) is 12.5 Å². The van der Waals surface area contributed by atoms with E-state index in [1.54, 1.807) is 0 Å². The van der Waals surface area contributed by atoms with Crippen molar-refractivity contribution in [2.75, 3.05) is 12.3 Å². The molecule has 0 aromatic heterocycles. The second-order valence-electron chi connectivity index (χ2n) is 3.16. The minimum Gasteiger partial charge on any atom is -0.491 e. The summed E-state index contributed by atoms with van der Waals surface area (Å²) in [6.07, 6.45) is 0.704. The molecule has 4 heteroatoms. The highest BCUT2D eigenvalue weighted by molar-refractivity contribution is 5.58. The molecule has 1 aliphatic heterocycles. The predicted octanol–water partition coefficient (Wildman–Crippen LogP) is 1.19. The molecule has 1 aliphatic rings. The van der Waals surface area contributed by atoms with Crippen LogP contribution in [0.3, 0.4) is 0 Å². The molecule has 13 heavy (non-hydrogen) atoms. The molecule has 0 amide bonds. The first-order valence-electron chi connectivity index (χ1n) is 4.16. The lowest BCUT2D eigenvalue weighted by Gasteiger charge is -2.23. The summed E-state index contributed by atoms with van der Waals surface area (Å²) in [4.78, 5) is 0. The van der Waals surface area contributed by atoms with Crippen molar-refractivity contribution >= 4 is 5.69 Å². The van der Waals surface area contributed by atoms with Gasteiger partial charge in [0.05, 0.1) is 12.3 Å². The van der Waals surface area contributed by atoms with E-state index in [0.29, 0.717) is 30.0 Å². The third kappa shape index (κ3) is 1.33. The lowest BCUT2D eigenvalue weighted by Crippen LogP contribution is -2.21. The highest BCUT2D eigenvalue weighted by Crippen LogP contribution is 2.35. The van der Waals surface area contributed by atoms with Gasteiger partial charge in [0.25, 0.3) is 0 Å². The van der Waals surface area contributed by atoms with Crippen LogP contribution in [0.2, 0.25) is 0 Å². The number of fused-ring (bicyclic) bond motifs is 1. The molecular formula is C9H11FN2O. The number of anilines is 1. The van der Waals surface area contributed by atoms with E-state index in [2.05, 4.69) is 0 Å². The smallest absolute Gasteiger partial charge is 0.147 e. The summed E-state index contributed by atoms with van der Waals surface area (Å²) in [5.74, 6) is 0.178. The predicted molar refractivity (Wildman–Crippen MR) is 47.9 cm³/mol. The van der Waals surface area contributed by atoms with Crippen LogP contribution in [-0.2, 0) is 0 Å². The number of benzene rings is 1. The molecule has 1 heterocycles. The van der Waals surface area contributed by atoms with Crippen molar-refractivity contribution in [3.8, 4) is 5.75 Å². The zero-order valence-corrected chi connectivity index (χ0v) is 7.09. The molecule has 3 nitrogen and oxygen atoms in total. The van der Waals surface area contributed by atoms with Crippen LogP contribution < -0.4 is 16.2 Å². The van der Waals surface area contributed by atoms with Gasteiger partial charge >= 0.3 is 0 Å². The average molecular weight is 182 g/mol. The SMILES string of the molecule is Nc1cc(F)cc2c1OCC[C@@H]2N. The first-order chi connectivity index (χ1) is 6.18. The highest BCUT2D eigenvalue weighted by atomic mass is 19.1. The van der Waals surface area contributed by atoms with Gasteiger partial charge in [0.1, 0.15) is 11.6 Å². The summed E-state index contributed by atoms with van der Waals surface area (Å²) >= 11 is 0. The van der Waals surface area contributed by atoms with Crippen molar-refractivity contribution in [1.29, 1.82) is 0 Å². The Morgan fingerprint density at radius 3 is 3.00 bits per heavy atom. The van der Waals surface area contributed by atoms with Crippen LogP contribution in [0, 0.1) is 5.82 Å². The number of nitrogen functional groups attached to an aromatic ring is 1. The molecule has 0 saturated heterocycles. The highest BCUT2D eigenvalue weighted by Gasteiger charge is 2.20. The van der Waals surface area contributed by atoms with E-state index < -0.39 is 0 Å². The van der Waals surface area contributed by atoms with Crippen molar-refractivity contribution in [1.82, 2.24) is 0 Å². The fourth-order valence-corrected chi connectivity index (χ4v) is 1.52. The number of halogens is 1. The van der Waals surface area contributed by atoms with Crippen molar-refractivity contribution in [2.24, 2.45) is 5.73 Å². The van der Waals surface area contributed by atoms with Gasteiger partial charge in [-0.3, -0.25) is 0 Å². The molecule has 2 rings (SSSR count). The topological polar surface area (TPSA) is 61.3 Å². The number of nitrogens with two attached hydrogens (primary N) is 2. The standard InChI is InChI=1S/C9H11FN2O/c10-5-3-6-7(11)1-2-13-9(6)8(12)4-5/h3-4,7H,1-2,11-12H2/t7-/m0/s1. The van der Waals surface area contributed by atoms with Crippen LogP contribution in [-0.4, -0.2) is 6.61 Å². The van der Waals surface area contributed by atoms with Crippen LogP contribution in [0.1, 0.15) is 18.0 Å². The van der Waals surface area contributed by atoms with Crippen LogP contribution >= 0.6 is 0 Å². The van der Waals surface area contributed by atoms with Gasteiger partial charge in [0, 0.05) is 24.1 Å². The Labute approximate surface area is 75.5 Å². The van der Waals surface area contributed by atoms with Gasteiger partial charge in [-0.05, 0) is 6.07 Å². The van der Waals surface area contributed by atoms with Gasteiger partial charge in [-0.2, -0.15) is 0 Å². The Balaban J connectivity index is 2.56. The zero-order chi connectivity index (χ0) is 9.42. The van der Waals surface area contributed by atoms with E-state index in [9.17, 15) is 4.39 Å². The Morgan fingerprint density at radius 1 is 1.46 bits per heavy atom. The zero-order valence-electron chi connectivity index (χ0n) is 7.09. The Kier molecular flexibility index (Phi) is 1.84. The molecule has 0 radical (unpaired) electrons. The number of rotatable bonds is 0. The average Bonchev–Trinajstić information content (AvgIpc) is 2.07. The number of hydrogen-bond acceptors (Lipinski definition) is 3. The van der Waals surface area contributed by atoms with Crippen LogP contribution in [0.25, 0.3) is 0 Å². The van der Waals surface area contributed by atoms with E-state index in [4.69, 9.17) is 16.2 Å². The molecule has 0 spiro atoms. The fraction of sp³-hybridized carbons (Fsp3) is 0.333. The van der Waals surface area contributed by atoms with Gasteiger partial charge in [0.2, 0.25) is 0 Å².